The summed E-state index contributed by atoms with van der Waals surface area (Å²) in [7, 11) is 3.29. The van der Waals surface area contributed by atoms with Crippen LogP contribution < -0.4 is 4.90 Å². The summed E-state index contributed by atoms with van der Waals surface area (Å²) in [5, 5.41) is 8.29. The number of hydrogen-bond acceptors (Lipinski definition) is 5. The van der Waals surface area contributed by atoms with Crippen molar-refractivity contribution in [3.05, 3.63) is 83.4 Å². The third-order valence-electron chi connectivity index (χ3n) is 8.40. The Hall–Kier alpha value is -3.64. The maximum atomic E-state index is 11.7. The van der Waals surface area contributed by atoms with Crippen molar-refractivity contribution in [1.82, 2.24) is 14.8 Å². The second kappa shape index (κ2) is 9.91. The molecule has 2 aromatic heterocycles. The van der Waals surface area contributed by atoms with E-state index in [-0.39, 0.29) is 0 Å². The number of hydrogen-bond donors (Lipinski definition) is 0. The molecular formula is C31H31ClN4O2. The van der Waals surface area contributed by atoms with Crippen LogP contribution in [0, 0.1) is 17.8 Å². The van der Waals surface area contributed by atoms with Crippen LogP contribution in [0.3, 0.4) is 0 Å². The minimum absolute atomic E-state index is 0.398. The van der Waals surface area contributed by atoms with E-state index in [1.54, 1.807) is 12.3 Å². The first-order valence-electron chi connectivity index (χ1n) is 13.1. The van der Waals surface area contributed by atoms with E-state index in [9.17, 15) is 4.79 Å². The van der Waals surface area contributed by atoms with Gasteiger partial charge in [0.1, 0.15) is 0 Å². The first-order valence-corrected chi connectivity index (χ1v) is 13.5. The average Bonchev–Trinajstić information content (AvgIpc) is 3.66. The molecule has 38 heavy (non-hydrogen) atoms. The Labute approximate surface area is 227 Å². The van der Waals surface area contributed by atoms with Gasteiger partial charge in [0, 0.05) is 48.3 Å². The van der Waals surface area contributed by atoms with Gasteiger partial charge < -0.3 is 9.64 Å². The minimum Gasteiger partial charge on any atom is -0.466 e. The fourth-order valence-corrected chi connectivity index (χ4v) is 7.01. The third-order valence-corrected chi connectivity index (χ3v) is 8.77. The van der Waals surface area contributed by atoms with Crippen LogP contribution >= 0.6 is 11.6 Å². The monoisotopic (exact) mass is 526 g/mol. The van der Waals surface area contributed by atoms with Crippen LogP contribution in [0.25, 0.3) is 27.8 Å². The van der Waals surface area contributed by atoms with Crippen molar-refractivity contribution in [3.8, 4) is 0 Å². The van der Waals surface area contributed by atoms with E-state index < -0.39 is 5.97 Å². The molecule has 0 amide bonds. The topological polar surface area (TPSA) is 60.2 Å². The van der Waals surface area contributed by atoms with Gasteiger partial charge in [-0.25, -0.2) is 4.79 Å². The molecule has 3 atom stereocenters. The lowest BCUT2D eigenvalue weighted by molar-refractivity contribution is -0.134. The number of carbonyl (C=O) groups is 1. The van der Waals surface area contributed by atoms with Gasteiger partial charge in [0.25, 0.3) is 0 Å². The van der Waals surface area contributed by atoms with Crippen molar-refractivity contribution in [2.45, 2.75) is 32.2 Å². The van der Waals surface area contributed by atoms with Gasteiger partial charge in [-0.15, -0.1) is 0 Å². The Morgan fingerprint density at radius 3 is 2.84 bits per heavy atom. The number of allylic oxidation sites excluding steroid dienone is 1. The normalized spacial score (nSPS) is 20.6. The number of fused-ring (bicyclic) bond motifs is 4. The SMILES string of the molecule is C=C(C1CC2CCC1C2)N(Cc1cccc2cc3cnn(C)c3c(Cl)c12)c1cncc(/C=C/C(=O)OC)c1. The number of esters is 1. The second-order valence-electron chi connectivity index (χ2n) is 10.6. The molecule has 6 nitrogen and oxygen atoms in total. The quantitative estimate of drug-likeness (QED) is 0.193. The molecule has 2 aromatic carbocycles. The molecule has 6 rings (SSSR count). The molecule has 2 aliphatic carbocycles. The number of nitrogens with zero attached hydrogens (tertiary/aromatic N) is 4. The number of ether oxygens (including phenoxy) is 1. The lowest BCUT2D eigenvalue weighted by Crippen LogP contribution is -2.29. The van der Waals surface area contributed by atoms with Gasteiger partial charge in [0.15, 0.2) is 0 Å². The van der Waals surface area contributed by atoms with Crippen LogP contribution in [0.4, 0.5) is 5.69 Å². The van der Waals surface area contributed by atoms with Crippen molar-refractivity contribution >= 4 is 51.0 Å². The molecule has 0 saturated heterocycles. The Morgan fingerprint density at radius 2 is 2.08 bits per heavy atom. The zero-order valence-corrected chi connectivity index (χ0v) is 22.5. The molecule has 2 fully saturated rings. The molecule has 4 aromatic rings. The fraction of sp³-hybridized carbons (Fsp3) is 0.323. The predicted octanol–water partition coefficient (Wildman–Crippen LogP) is 6.92. The van der Waals surface area contributed by atoms with E-state index in [2.05, 4.69) is 51.9 Å². The zero-order chi connectivity index (χ0) is 26.4. The highest BCUT2D eigenvalue weighted by Gasteiger charge is 2.42. The number of methoxy groups -OCH3 is 1. The van der Waals surface area contributed by atoms with Gasteiger partial charge in [-0.1, -0.05) is 42.8 Å². The lowest BCUT2D eigenvalue weighted by atomic mass is 9.86. The Balaban J connectivity index is 1.43. The van der Waals surface area contributed by atoms with E-state index >= 15 is 0 Å². The molecule has 0 radical (unpaired) electrons. The zero-order valence-electron chi connectivity index (χ0n) is 21.7. The van der Waals surface area contributed by atoms with Gasteiger partial charge in [-0.3, -0.25) is 9.67 Å². The molecule has 0 aliphatic heterocycles. The average molecular weight is 527 g/mol. The van der Waals surface area contributed by atoms with Crippen LogP contribution in [0.2, 0.25) is 5.02 Å². The summed E-state index contributed by atoms with van der Waals surface area (Å²) < 4.78 is 6.59. The van der Waals surface area contributed by atoms with Crippen molar-refractivity contribution in [3.63, 3.8) is 0 Å². The largest absolute Gasteiger partial charge is 0.466 e. The van der Waals surface area contributed by atoms with Crippen LogP contribution in [0.1, 0.15) is 36.8 Å². The van der Waals surface area contributed by atoms with Gasteiger partial charge in [-0.2, -0.15) is 5.10 Å². The van der Waals surface area contributed by atoms with Crippen molar-refractivity contribution in [2.24, 2.45) is 24.8 Å². The number of carbonyl (C=O) groups excluding carboxylic acids is 1. The number of benzene rings is 2. The molecule has 2 aliphatic rings. The van der Waals surface area contributed by atoms with E-state index in [0.29, 0.717) is 23.4 Å². The number of anilines is 1. The molecule has 194 valence electrons. The smallest absolute Gasteiger partial charge is 0.330 e. The highest BCUT2D eigenvalue weighted by Crippen LogP contribution is 2.52. The molecule has 3 unspecified atom stereocenters. The predicted molar refractivity (Wildman–Crippen MR) is 153 cm³/mol. The van der Waals surface area contributed by atoms with Gasteiger partial charge in [0.2, 0.25) is 0 Å². The van der Waals surface area contributed by atoms with Crippen molar-refractivity contribution in [2.75, 3.05) is 12.0 Å². The van der Waals surface area contributed by atoms with Crippen LogP contribution in [0.5, 0.6) is 0 Å². The maximum absolute atomic E-state index is 11.7. The fourth-order valence-electron chi connectivity index (χ4n) is 6.55. The van der Waals surface area contributed by atoms with Crippen molar-refractivity contribution < 1.29 is 9.53 Å². The van der Waals surface area contributed by atoms with E-state index in [1.807, 2.05) is 24.1 Å². The van der Waals surface area contributed by atoms with Crippen LogP contribution in [0.15, 0.2) is 67.3 Å². The summed E-state index contributed by atoms with van der Waals surface area (Å²) >= 11 is 7.06. The highest BCUT2D eigenvalue weighted by molar-refractivity contribution is 6.40. The highest BCUT2D eigenvalue weighted by atomic mass is 35.5. The lowest BCUT2D eigenvalue weighted by Gasteiger charge is -2.34. The first-order chi connectivity index (χ1) is 18.4. The second-order valence-corrected chi connectivity index (χ2v) is 11.0. The molecule has 7 heteroatoms. The van der Waals surface area contributed by atoms with Gasteiger partial charge in [0.05, 0.1) is 35.7 Å². The number of rotatable bonds is 7. The molecule has 2 heterocycles. The van der Waals surface area contributed by atoms with E-state index in [0.717, 1.165) is 50.1 Å². The van der Waals surface area contributed by atoms with Crippen LogP contribution in [-0.4, -0.2) is 27.8 Å². The molecule has 0 N–H and O–H groups in total. The molecule has 2 saturated carbocycles. The third kappa shape index (κ3) is 4.37. The van der Waals surface area contributed by atoms with E-state index in [4.69, 9.17) is 16.3 Å². The summed E-state index contributed by atoms with van der Waals surface area (Å²) in [4.78, 5) is 18.5. The van der Waals surface area contributed by atoms with E-state index in [1.165, 1.54) is 38.9 Å². The Bertz CT molecular complexity index is 1590. The number of pyridine rings is 1. The summed E-state index contributed by atoms with van der Waals surface area (Å²) in [5.41, 5.74) is 4.95. The molecule has 0 spiro atoms. The first kappa shape index (κ1) is 24.7. The van der Waals surface area contributed by atoms with Crippen LogP contribution in [-0.2, 0) is 23.1 Å². The number of aryl methyl sites for hydroxylation is 1. The standard InChI is InChI=1S/C31H31ClN4O2/c1-19(27-13-20-7-9-22(27)11-20)36(26-12-21(15-33-17-26)8-10-28(37)38-3)18-24-6-4-5-23-14-25-16-34-35(2)31(25)30(32)29(23)24/h4-6,8,10,12,14-17,20,22,27H,1,7,9,11,13,18H2,2-3H3/b10-8+. The summed E-state index contributed by atoms with van der Waals surface area (Å²) in [6.07, 6.45) is 13.7. The van der Waals surface area contributed by atoms with Gasteiger partial charge in [-0.05, 0) is 65.8 Å². The molecular weight excluding hydrogens is 496 g/mol. The Morgan fingerprint density at radius 1 is 1.21 bits per heavy atom. The summed E-state index contributed by atoms with van der Waals surface area (Å²) in [5.74, 6) is 1.56. The number of aromatic nitrogens is 3. The Kier molecular flexibility index (Phi) is 6.44. The minimum atomic E-state index is -0.398. The maximum Gasteiger partial charge on any atom is 0.330 e. The molecule has 2 bridgehead atoms. The summed E-state index contributed by atoms with van der Waals surface area (Å²) in [6.45, 7) is 5.27. The summed E-state index contributed by atoms with van der Waals surface area (Å²) in [6, 6.07) is 10.5. The number of halogens is 1. The van der Waals surface area contributed by atoms with Gasteiger partial charge >= 0.3 is 5.97 Å². The van der Waals surface area contributed by atoms with Crippen molar-refractivity contribution in [1.29, 1.82) is 0 Å².